The minimum Gasteiger partial charge on any atom is -0.316 e. The normalized spacial score (nSPS) is 24.6. The van der Waals surface area contributed by atoms with E-state index in [0.717, 1.165) is 19.3 Å². The van der Waals surface area contributed by atoms with Gasteiger partial charge in [-0.25, -0.2) is 0 Å². The Morgan fingerprint density at radius 2 is 1.90 bits per heavy atom. The number of nitrogens with one attached hydrogen (secondary N) is 1. The lowest BCUT2D eigenvalue weighted by molar-refractivity contribution is 0.0339. The van der Waals surface area contributed by atoms with Crippen molar-refractivity contribution in [1.29, 1.82) is 0 Å². The molecule has 0 aromatic carbocycles. The van der Waals surface area contributed by atoms with Gasteiger partial charge in [0.2, 0.25) is 0 Å². The molecule has 1 aliphatic rings. The van der Waals surface area contributed by atoms with Crippen LogP contribution in [0.3, 0.4) is 0 Å². The molecule has 2 nitrogen and oxygen atoms in total. The lowest BCUT2D eigenvalue weighted by Crippen LogP contribution is -2.44. The molecule has 10 heavy (non-hydrogen) atoms. The van der Waals surface area contributed by atoms with Crippen LogP contribution in [0.4, 0.5) is 0 Å². The smallest absolute Gasteiger partial charge is 0.0427 e. The van der Waals surface area contributed by atoms with Gasteiger partial charge in [-0.2, -0.15) is 5.48 Å². The maximum Gasteiger partial charge on any atom is 0.0427 e. The van der Waals surface area contributed by atoms with Gasteiger partial charge in [0.25, 0.3) is 0 Å². The number of hydrogen-bond acceptors (Lipinski definition) is 2. The average molecular weight is 143 g/mol. The molecule has 0 radical (unpaired) electrons. The van der Waals surface area contributed by atoms with Crippen molar-refractivity contribution in [2.75, 3.05) is 0 Å². The minimum atomic E-state index is 0.0677. The molecular formula is C8H17NO. The van der Waals surface area contributed by atoms with Gasteiger partial charge in [0.05, 0.1) is 0 Å². The summed E-state index contributed by atoms with van der Waals surface area (Å²) >= 11 is 0. The van der Waals surface area contributed by atoms with Gasteiger partial charge in [0, 0.05) is 5.54 Å². The molecule has 0 amide bonds. The minimum absolute atomic E-state index is 0.0677. The maximum atomic E-state index is 8.89. The highest BCUT2D eigenvalue weighted by atomic mass is 16.5. The molecule has 2 N–H and O–H groups in total. The van der Waals surface area contributed by atoms with E-state index in [0.29, 0.717) is 0 Å². The van der Waals surface area contributed by atoms with Crippen molar-refractivity contribution in [2.45, 2.75) is 51.0 Å². The van der Waals surface area contributed by atoms with E-state index >= 15 is 0 Å². The molecule has 1 saturated carbocycles. The van der Waals surface area contributed by atoms with Crippen molar-refractivity contribution in [3.63, 3.8) is 0 Å². The standard InChI is InChI=1S/C8H17NO/c1-2-8(9-10)6-4-3-5-7-8/h9-10H,2-7H2,1H3. The van der Waals surface area contributed by atoms with E-state index in [4.69, 9.17) is 5.21 Å². The third-order valence-electron chi connectivity index (χ3n) is 2.72. The van der Waals surface area contributed by atoms with Gasteiger partial charge >= 0.3 is 0 Å². The Labute approximate surface area is 62.6 Å². The zero-order valence-electron chi connectivity index (χ0n) is 6.69. The highest BCUT2D eigenvalue weighted by Gasteiger charge is 2.28. The molecule has 1 fully saturated rings. The lowest BCUT2D eigenvalue weighted by Gasteiger charge is -2.34. The van der Waals surface area contributed by atoms with Crippen LogP contribution in [0.25, 0.3) is 0 Å². The number of rotatable bonds is 2. The van der Waals surface area contributed by atoms with Crippen molar-refractivity contribution in [3.8, 4) is 0 Å². The summed E-state index contributed by atoms with van der Waals surface area (Å²) in [5, 5.41) is 8.89. The predicted molar refractivity (Wildman–Crippen MR) is 41.0 cm³/mol. The summed E-state index contributed by atoms with van der Waals surface area (Å²) in [6.07, 6.45) is 7.19. The molecule has 0 bridgehead atoms. The van der Waals surface area contributed by atoms with Crippen LogP contribution >= 0.6 is 0 Å². The van der Waals surface area contributed by atoms with E-state index in [1.54, 1.807) is 0 Å². The summed E-state index contributed by atoms with van der Waals surface area (Å²) < 4.78 is 0. The van der Waals surface area contributed by atoms with Gasteiger partial charge in [-0.05, 0) is 19.3 Å². The third kappa shape index (κ3) is 1.50. The Balaban J connectivity index is 2.44. The van der Waals surface area contributed by atoms with E-state index in [2.05, 4.69) is 12.4 Å². The highest BCUT2D eigenvalue weighted by molar-refractivity contribution is 4.86. The molecule has 1 aliphatic carbocycles. The molecule has 0 heterocycles. The summed E-state index contributed by atoms with van der Waals surface area (Å²) in [6, 6.07) is 0. The predicted octanol–water partition coefficient (Wildman–Crippen LogP) is 2.08. The molecule has 1 rings (SSSR count). The first kappa shape index (κ1) is 8.02. The average Bonchev–Trinajstić information content (AvgIpc) is 2.06. The first-order chi connectivity index (χ1) is 4.83. The molecule has 0 aromatic rings. The van der Waals surface area contributed by atoms with Gasteiger partial charge in [-0.1, -0.05) is 26.2 Å². The molecule has 0 atom stereocenters. The van der Waals surface area contributed by atoms with E-state index < -0.39 is 0 Å². The van der Waals surface area contributed by atoms with Crippen LogP contribution in [0.15, 0.2) is 0 Å². The van der Waals surface area contributed by atoms with Gasteiger partial charge in [-0.15, -0.1) is 0 Å². The Bertz CT molecular complexity index is 91.4. The van der Waals surface area contributed by atoms with Gasteiger partial charge in [0.1, 0.15) is 0 Å². The molecule has 0 aliphatic heterocycles. The second kappa shape index (κ2) is 3.35. The number of hydroxylamine groups is 1. The van der Waals surface area contributed by atoms with E-state index in [9.17, 15) is 0 Å². The number of hydrogen-bond donors (Lipinski definition) is 2. The van der Waals surface area contributed by atoms with Gasteiger partial charge < -0.3 is 5.21 Å². The van der Waals surface area contributed by atoms with E-state index in [-0.39, 0.29) is 5.54 Å². The molecular weight excluding hydrogens is 126 g/mol. The molecule has 0 aromatic heterocycles. The largest absolute Gasteiger partial charge is 0.316 e. The van der Waals surface area contributed by atoms with Crippen LogP contribution in [-0.4, -0.2) is 10.7 Å². The summed E-state index contributed by atoms with van der Waals surface area (Å²) in [5.41, 5.74) is 2.53. The lowest BCUT2D eigenvalue weighted by atomic mass is 9.80. The summed E-state index contributed by atoms with van der Waals surface area (Å²) in [6.45, 7) is 2.13. The summed E-state index contributed by atoms with van der Waals surface area (Å²) in [5.74, 6) is 0. The van der Waals surface area contributed by atoms with Crippen LogP contribution in [0.2, 0.25) is 0 Å². The fourth-order valence-corrected chi connectivity index (χ4v) is 1.77. The molecule has 0 saturated heterocycles. The first-order valence-corrected chi connectivity index (χ1v) is 4.24. The van der Waals surface area contributed by atoms with Crippen molar-refractivity contribution in [2.24, 2.45) is 0 Å². The zero-order chi connectivity index (χ0) is 7.45. The van der Waals surface area contributed by atoms with Crippen LogP contribution in [0, 0.1) is 0 Å². The Hall–Kier alpha value is -0.0800. The fraction of sp³-hybridized carbons (Fsp3) is 1.00. The Morgan fingerprint density at radius 3 is 2.20 bits per heavy atom. The first-order valence-electron chi connectivity index (χ1n) is 4.24. The quantitative estimate of drug-likeness (QED) is 0.580. The highest BCUT2D eigenvalue weighted by Crippen LogP contribution is 2.29. The monoisotopic (exact) mass is 143 g/mol. The Morgan fingerprint density at radius 1 is 1.30 bits per heavy atom. The van der Waals surface area contributed by atoms with Gasteiger partial charge in [-0.3, -0.25) is 0 Å². The van der Waals surface area contributed by atoms with Gasteiger partial charge in [0.15, 0.2) is 0 Å². The van der Waals surface area contributed by atoms with Crippen molar-refractivity contribution in [1.82, 2.24) is 5.48 Å². The van der Waals surface area contributed by atoms with E-state index in [1.165, 1.54) is 19.3 Å². The second-order valence-electron chi connectivity index (χ2n) is 3.31. The van der Waals surface area contributed by atoms with Crippen LogP contribution in [0.1, 0.15) is 45.4 Å². The third-order valence-corrected chi connectivity index (χ3v) is 2.72. The molecule has 2 heteroatoms. The van der Waals surface area contributed by atoms with E-state index in [1.807, 2.05) is 0 Å². The topological polar surface area (TPSA) is 32.3 Å². The zero-order valence-corrected chi connectivity index (χ0v) is 6.69. The Kier molecular flexibility index (Phi) is 2.69. The second-order valence-corrected chi connectivity index (χ2v) is 3.31. The van der Waals surface area contributed by atoms with Crippen LogP contribution in [-0.2, 0) is 0 Å². The molecule has 60 valence electrons. The van der Waals surface area contributed by atoms with Crippen LogP contribution in [0.5, 0.6) is 0 Å². The molecule has 0 spiro atoms. The van der Waals surface area contributed by atoms with Crippen molar-refractivity contribution in [3.05, 3.63) is 0 Å². The molecule has 0 unspecified atom stereocenters. The maximum absolute atomic E-state index is 8.89. The SMILES string of the molecule is CCC1(NO)CCCCC1. The fourth-order valence-electron chi connectivity index (χ4n) is 1.77. The van der Waals surface area contributed by atoms with Crippen molar-refractivity contribution >= 4 is 0 Å². The summed E-state index contributed by atoms with van der Waals surface area (Å²) in [4.78, 5) is 0. The van der Waals surface area contributed by atoms with Crippen molar-refractivity contribution < 1.29 is 5.21 Å². The summed E-state index contributed by atoms with van der Waals surface area (Å²) in [7, 11) is 0. The van der Waals surface area contributed by atoms with Crippen LogP contribution < -0.4 is 5.48 Å².